The number of hydrogen-bond donors (Lipinski definition) is 2. The molecule has 0 spiro atoms. The van der Waals surface area contributed by atoms with Crippen molar-refractivity contribution in [2.24, 2.45) is 0 Å². The lowest BCUT2D eigenvalue weighted by molar-refractivity contribution is -0.136. The summed E-state index contributed by atoms with van der Waals surface area (Å²) in [6.45, 7) is 6.03. The molecule has 0 aliphatic heterocycles. The highest BCUT2D eigenvalue weighted by molar-refractivity contribution is 5.67. The molecule has 0 bridgehead atoms. The van der Waals surface area contributed by atoms with Gasteiger partial charge in [0.2, 0.25) is 0 Å². The lowest BCUT2D eigenvalue weighted by atomic mass is 9.91. The van der Waals surface area contributed by atoms with E-state index in [1.54, 1.807) is 6.07 Å². The van der Waals surface area contributed by atoms with Crippen LogP contribution < -0.4 is 5.56 Å². The van der Waals surface area contributed by atoms with E-state index in [1.807, 2.05) is 26.8 Å². The summed E-state index contributed by atoms with van der Waals surface area (Å²) in [5.74, 6) is -0.890. The highest BCUT2D eigenvalue weighted by Gasteiger charge is 2.15. The van der Waals surface area contributed by atoms with Crippen molar-refractivity contribution < 1.29 is 9.90 Å². The van der Waals surface area contributed by atoms with Crippen LogP contribution >= 0.6 is 0 Å². The number of rotatable bonds is 3. The topological polar surface area (TPSA) is 70.2 Å². The highest BCUT2D eigenvalue weighted by atomic mass is 16.4. The number of nitrogens with one attached hydrogen (secondary N) is 1. The van der Waals surface area contributed by atoms with Gasteiger partial charge in [-0.25, -0.2) is 0 Å². The van der Waals surface area contributed by atoms with Crippen LogP contribution in [-0.2, 0) is 16.6 Å². The molecule has 0 radical (unpaired) electrons. The van der Waals surface area contributed by atoms with Gasteiger partial charge in [0.25, 0.3) is 5.56 Å². The van der Waals surface area contributed by atoms with Crippen LogP contribution in [-0.4, -0.2) is 16.1 Å². The van der Waals surface area contributed by atoms with Crippen LogP contribution in [0.4, 0.5) is 0 Å². The van der Waals surface area contributed by atoms with E-state index in [2.05, 4.69) is 4.98 Å². The maximum atomic E-state index is 11.7. The number of pyridine rings is 1. The van der Waals surface area contributed by atoms with Gasteiger partial charge < -0.3 is 10.1 Å². The van der Waals surface area contributed by atoms with Gasteiger partial charge in [0.1, 0.15) is 0 Å². The maximum absolute atomic E-state index is 11.7. The van der Waals surface area contributed by atoms with Gasteiger partial charge in [0.15, 0.2) is 0 Å². The number of carboxylic acid groups (broad SMARTS) is 1. The summed E-state index contributed by atoms with van der Waals surface area (Å²) < 4.78 is 0. The first-order chi connectivity index (χ1) is 7.30. The molecule has 1 aromatic heterocycles. The van der Waals surface area contributed by atoms with Crippen molar-refractivity contribution >= 4 is 5.97 Å². The van der Waals surface area contributed by atoms with E-state index in [0.29, 0.717) is 5.56 Å². The largest absolute Gasteiger partial charge is 0.481 e. The Hall–Kier alpha value is -1.58. The fourth-order valence-electron chi connectivity index (χ4n) is 1.38. The fraction of sp³-hybridized carbons (Fsp3) is 0.500. The lowest BCUT2D eigenvalue weighted by Gasteiger charge is -2.18. The molecule has 0 fully saturated rings. The van der Waals surface area contributed by atoms with Gasteiger partial charge in [-0.05, 0) is 12.5 Å². The number of H-pyrrole nitrogens is 1. The second-order valence-electron chi connectivity index (χ2n) is 4.87. The van der Waals surface area contributed by atoms with E-state index in [9.17, 15) is 9.59 Å². The van der Waals surface area contributed by atoms with E-state index >= 15 is 0 Å². The Bertz CT molecular complexity index is 440. The van der Waals surface area contributed by atoms with Crippen LogP contribution in [0.2, 0.25) is 0 Å². The molecule has 0 saturated carbocycles. The van der Waals surface area contributed by atoms with Gasteiger partial charge >= 0.3 is 5.97 Å². The normalized spacial score (nSPS) is 11.4. The van der Waals surface area contributed by atoms with E-state index in [0.717, 1.165) is 5.69 Å². The van der Waals surface area contributed by atoms with Crippen molar-refractivity contribution in [3.8, 4) is 0 Å². The predicted molar refractivity (Wildman–Crippen MR) is 61.7 cm³/mol. The maximum Gasteiger partial charge on any atom is 0.303 e. The summed E-state index contributed by atoms with van der Waals surface area (Å²) in [6, 6.07) is 3.56. The van der Waals surface area contributed by atoms with E-state index < -0.39 is 5.97 Å². The van der Waals surface area contributed by atoms with E-state index in [4.69, 9.17) is 5.11 Å². The van der Waals surface area contributed by atoms with Crippen molar-refractivity contribution in [2.75, 3.05) is 0 Å². The number of aliphatic carboxylic acids is 1. The molecular weight excluding hydrogens is 206 g/mol. The molecule has 1 rings (SSSR count). The summed E-state index contributed by atoms with van der Waals surface area (Å²) in [7, 11) is 0. The first-order valence-electron chi connectivity index (χ1n) is 5.25. The number of hydrogen-bond acceptors (Lipinski definition) is 2. The fourth-order valence-corrected chi connectivity index (χ4v) is 1.38. The van der Waals surface area contributed by atoms with Crippen LogP contribution in [0.15, 0.2) is 16.9 Å². The number of aromatic amines is 1. The van der Waals surface area contributed by atoms with Gasteiger partial charge in [-0.2, -0.15) is 0 Å². The van der Waals surface area contributed by atoms with E-state index in [-0.39, 0.29) is 23.8 Å². The number of carbonyl (C=O) groups is 1. The molecule has 0 aliphatic rings. The second kappa shape index (κ2) is 4.51. The molecule has 1 aromatic rings. The molecule has 0 aromatic carbocycles. The average molecular weight is 223 g/mol. The lowest BCUT2D eigenvalue weighted by Crippen LogP contribution is -2.22. The van der Waals surface area contributed by atoms with Crippen molar-refractivity contribution in [2.45, 2.75) is 39.0 Å². The number of aryl methyl sites for hydroxylation is 1. The molecule has 0 unspecified atom stereocenters. The minimum atomic E-state index is -0.890. The molecule has 0 aliphatic carbocycles. The average Bonchev–Trinajstić information content (AvgIpc) is 2.14. The van der Waals surface area contributed by atoms with Gasteiger partial charge in [0, 0.05) is 23.1 Å². The standard InChI is InChI=1S/C12H17NO3/c1-12(2,3)9-6-4-8(11(16)13-9)5-7-10(14)15/h4,6H,5,7H2,1-3H3,(H,13,16)(H,14,15). The molecule has 16 heavy (non-hydrogen) atoms. The summed E-state index contributed by atoms with van der Waals surface area (Å²) >= 11 is 0. The summed E-state index contributed by atoms with van der Waals surface area (Å²) in [4.78, 5) is 24.8. The minimum absolute atomic E-state index is 0.0159. The van der Waals surface area contributed by atoms with Crippen molar-refractivity contribution in [1.82, 2.24) is 4.98 Å². The van der Waals surface area contributed by atoms with Crippen LogP contribution in [0.1, 0.15) is 38.4 Å². The molecule has 0 saturated heterocycles. The van der Waals surface area contributed by atoms with Crippen molar-refractivity contribution in [3.63, 3.8) is 0 Å². The first kappa shape index (κ1) is 12.5. The Morgan fingerprint density at radius 3 is 2.44 bits per heavy atom. The van der Waals surface area contributed by atoms with Crippen LogP contribution in [0.3, 0.4) is 0 Å². The second-order valence-corrected chi connectivity index (χ2v) is 4.87. The van der Waals surface area contributed by atoms with Crippen LogP contribution in [0, 0.1) is 0 Å². The summed E-state index contributed by atoms with van der Waals surface area (Å²) in [5.41, 5.74) is 1.09. The zero-order valence-electron chi connectivity index (χ0n) is 9.83. The van der Waals surface area contributed by atoms with Crippen molar-refractivity contribution in [3.05, 3.63) is 33.7 Å². The van der Waals surface area contributed by atoms with Gasteiger partial charge in [-0.1, -0.05) is 26.8 Å². The highest BCUT2D eigenvalue weighted by Crippen LogP contribution is 2.18. The Morgan fingerprint density at radius 2 is 2.00 bits per heavy atom. The molecular formula is C12H17NO3. The molecule has 1 heterocycles. The van der Waals surface area contributed by atoms with Crippen LogP contribution in [0.5, 0.6) is 0 Å². The SMILES string of the molecule is CC(C)(C)c1ccc(CCC(=O)O)c(=O)[nH]1. The molecule has 4 heteroatoms. The van der Waals surface area contributed by atoms with Gasteiger partial charge in [0.05, 0.1) is 0 Å². The van der Waals surface area contributed by atoms with E-state index in [1.165, 1.54) is 0 Å². The molecule has 4 nitrogen and oxygen atoms in total. The predicted octanol–water partition coefficient (Wildman–Crippen LogP) is 1.69. The van der Waals surface area contributed by atoms with Crippen LogP contribution in [0.25, 0.3) is 0 Å². The Balaban J connectivity index is 2.92. The Labute approximate surface area is 94.3 Å². The Morgan fingerprint density at radius 1 is 1.38 bits per heavy atom. The zero-order chi connectivity index (χ0) is 12.3. The third kappa shape index (κ3) is 3.22. The molecule has 0 amide bonds. The number of aromatic nitrogens is 1. The molecule has 2 N–H and O–H groups in total. The molecule has 0 atom stereocenters. The minimum Gasteiger partial charge on any atom is -0.481 e. The Kier molecular flexibility index (Phi) is 3.52. The summed E-state index contributed by atoms with van der Waals surface area (Å²) in [5, 5.41) is 8.54. The first-order valence-corrected chi connectivity index (χ1v) is 5.25. The zero-order valence-corrected chi connectivity index (χ0v) is 9.83. The van der Waals surface area contributed by atoms with Crippen molar-refractivity contribution in [1.29, 1.82) is 0 Å². The third-order valence-electron chi connectivity index (χ3n) is 2.41. The smallest absolute Gasteiger partial charge is 0.303 e. The quantitative estimate of drug-likeness (QED) is 0.819. The summed E-state index contributed by atoms with van der Waals surface area (Å²) in [6.07, 6.45) is 0.257. The third-order valence-corrected chi connectivity index (χ3v) is 2.41. The number of carboxylic acids is 1. The van der Waals surface area contributed by atoms with Gasteiger partial charge in [-0.3, -0.25) is 9.59 Å². The molecule has 88 valence electrons. The monoisotopic (exact) mass is 223 g/mol. The van der Waals surface area contributed by atoms with Gasteiger partial charge in [-0.15, -0.1) is 0 Å².